The van der Waals surface area contributed by atoms with Crippen LogP contribution in [-0.2, 0) is 9.53 Å². The molecule has 3 aliphatic rings. The zero-order valence-electron chi connectivity index (χ0n) is 18.5. The normalized spacial score (nSPS) is 20.9. The molecule has 1 N–H and O–H groups in total. The molecule has 0 saturated carbocycles. The lowest BCUT2D eigenvalue weighted by molar-refractivity contribution is -0.122. The van der Waals surface area contributed by atoms with Crippen molar-refractivity contribution < 1.29 is 28.6 Å². The fraction of sp³-hybridized carbons (Fsp3) is 0.375. The molecule has 3 amide bonds. The molecular weight excluding hydrogens is 426 g/mol. The Balaban J connectivity index is 1.53. The van der Waals surface area contributed by atoms with E-state index in [0.717, 1.165) is 12.8 Å². The first-order valence-electron chi connectivity index (χ1n) is 10.9. The van der Waals surface area contributed by atoms with Crippen molar-refractivity contribution in [1.29, 1.82) is 0 Å². The lowest BCUT2D eigenvalue weighted by Gasteiger charge is -2.40. The summed E-state index contributed by atoms with van der Waals surface area (Å²) < 4.78 is 16.5. The zero-order chi connectivity index (χ0) is 23.1. The van der Waals surface area contributed by atoms with E-state index in [0.29, 0.717) is 47.0 Å². The van der Waals surface area contributed by atoms with E-state index in [1.807, 2.05) is 0 Å². The Kier molecular flexibility index (Phi) is 5.41. The van der Waals surface area contributed by atoms with Gasteiger partial charge in [0.25, 0.3) is 11.8 Å². The van der Waals surface area contributed by atoms with Crippen molar-refractivity contribution >= 4 is 23.4 Å². The molecule has 0 spiro atoms. The molecule has 0 bridgehead atoms. The molecule has 0 radical (unpaired) electrons. The summed E-state index contributed by atoms with van der Waals surface area (Å²) in [5, 5.41) is 2.87. The second-order valence-corrected chi connectivity index (χ2v) is 8.20. The highest BCUT2D eigenvalue weighted by Crippen LogP contribution is 2.49. The third-order valence-electron chi connectivity index (χ3n) is 6.35. The predicted octanol–water partition coefficient (Wildman–Crippen LogP) is 2.11. The summed E-state index contributed by atoms with van der Waals surface area (Å²) in [6.45, 7) is 0.900. The maximum absolute atomic E-state index is 13.6. The van der Waals surface area contributed by atoms with Crippen molar-refractivity contribution in [3.8, 4) is 11.5 Å². The van der Waals surface area contributed by atoms with Crippen molar-refractivity contribution in [2.45, 2.75) is 25.1 Å². The smallest absolute Gasteiger partial charge is 0.264 e. The number of nitrogens with zero attached hydrogens (tertiary/aromatic N) is 2. The van der Waals surface area contributed by atoms with Crippen LogP contribution in [0.3, 0.4) is 0 Å². The van der Waals surface area contributed by atoms with Crippen LogP contribution in [-0.4, -0.2) is 62.6 Å². The average Bonchev–Trinajstić information content (AvgIpc) is 3.46. The molecule has 2 aromatic rings. The summed E-state index contributed by atoms with van der Waals surface area (Å²) >= 11 is 0. The highest BCUT2D eigenvalue weighted by Gasteiger charge is 2.50. The summed E-state index contributed by atoms with van der Waals surface area (Å²) in [6, 6.07) is 10.4. The number of carbonyl (C=O) groups is 3. The van der Waals surface area contributed by atoms with Gasteiger partial charge in [-0.05, 0) is 31.0 Å². The van der Waals surface area contributed by atoms with Gasteiger partial charge in [-0.1, -0.05) is 18.2 Å². The van der Waals surface area contributed by atoms with Crippen LogP contribution in [0.15, 0.2) is 36.4 Å². The molecule has 1 saturated heterocycles. The second-order valence-electron chi connectivity index (χ2n) is 8.20. The Morgan fingerprint density at radius 3 is 2.67 bits per heavy atom. The van der Waals surface area contributed by atoms with Gasteiger partial charge >= 0.3 is 0 Å². The number of para-hydroxylation sites is 1. The Hall–Kier alpha value is -3.59. The van der Waals surface area contributed by atoms with Crippen LogP contribution in [0.25, 0.3) is 0 Å². The number of nitrogens with one attached hydrogen (secondary N) is 1. The number of methoxy groups -OCH3 is 2. The molecule has 9 heteroatoms. The van der Waals surface area contributed by atoms with E-state index < -0.39 is 6.17 Å². The predicted molar refractivity (Wildman–Crippen MR) is 119 cm³/mol. The van der Waals surface area contributed by atoms with Gasteiger partial charge in [-0.2, -0.15) is 0 Å². The molecular formula is C24H25N3O6. The van der Waals surface area contributed by atoms with Crippen molar-refractivity contribution in [3.63, 3.8) is 0 Å². The number of hydrogen-bond acceptors (Lipinski definition) is 6. The second kappa shape index (κ2) is 8.40. The largest absolute Gasteiger partial charge is 0.493 e. The highest BCUT2D eigenvalue weighted by molar-refractivity contribution is 6.18. The van der Waals surface area contributed by atoms with Crippen LogP contribution in [0, 0.1) is 0 Å². The Morgan fingerprint density at radius 2 is 1.94 bits per heavy atom. The van der Waals surface area contributed by atoms with Crippen LogP contribution >= 0.6 is 0 Å². The number of hydrogen-bond donors (Lipinski definition) is 1. The third-order valence-corrected chi connectivity index (χ3v) is 6.35. The standard InChI is InChI=1S/C24H25N3O6/c1-31-18-10-9-16-20(21(18)32-2)24(30)27-17-8-4-3-7-15(17)23(29)26(22(16)27)13-19(28)25-12-14-6-5-11-33-14/h3-4,7-10,14,22H,5-6,11-13H2,1-2H3,(H,25,28)/t14-,22-/m1/s1. The van der Waals surface area contributed by atoms with Gasteiger partial charge in [0, 0.05) is 18.7 Å². The minimum absolute atomic E-state index is 0.00579. The summed E-state index contributed by atoms with van der Waals surface area (Å²) in [7, 11) is 2.97. The number of amides is 3. The Morgan fingerprint density at radius 1 is 1.12 bits per heavy atom. The van der Waals surface area contributed by atoms with Crippen LogP contribution in [0.1, 0.15) is 45.3 Å². The average molecular weight is 451 g/mol. The van der Waals surface area contributed by atoms with Gasteiger partial charge in [-0.25, -0.2) is 0 Å². The fourth-order valence-electron chi connectivity index (χ4n) is 4.83. The van der Waals surface area contributed by atoms with Crippen molar-refractivity contribution in [1.82, 2.24) is 10.2 Å². The zero-order valence-corrected chi connectivity index (χ0v) is 18.5. The molecule has 0 aromatic heterocycles. The van der Waals surface area contributed by atoms with Gasteiger partial charge in [0.1, 0.15) is 12.7 Å². The first-order chi connectivity index (χ1) is 16.0. The molecule has 9 nitrogen and oxygen atoms in total. The molecule has 2 atom stereocenters. The van der Waals surface area contributed by atoms with E-state index in [4.69, 9.17) is 14.2 Å². The molecule has 3 heterocycles. The first kappa shape index (κ1) is 21.3. The molecule has 172 valence electrons. The highest BCUT2D eigenvalue weighted by atomic mass is 16.5. The van der Waals surface area contributed by atoms with E-state index in [2.05, 4.69) is 5.32 Å². The number of anilines is 1. The van der Waals surface area contributed by atoms with Crippen molar-refractivity contribution in [3.05, 3.63) is 53.1 Å². The molecule has 0 aliphatic carbocycles. The Bertz CT molecular complexity index is 1130. The van der Waals surface area contributed by atoms with Gasteiger partial charge in [0.05, 0.1) is 37.1 Å². The van der Waals surface area contributed by atoms with Gasteiger partial charge in [-0.15, -0.1) is 0 Å². The van der Waals surface area contributed by atoms with E-state index in [1.54, 1.807) is 41.3 Å². The molecule has 2 aromatic carbocycles. The lowest BCUT2D eigenvalue weighted by Crippen LogP contribution is -2.51. The van der Waals surface area contributed by atoms with E-state index >= 15 is 0 Å². The molecule has 33 heavy (non-hydrogen) atoms. The minimum atomic E-state index is -0.761. The van der Waals surface area contributed by atoms with Crippen LogP contribution < -0.4 is 19.7 Å². The van der Waals surface area contributed by atoms with E-state index in [-0.39, 0.29) is 30.4 Å². The van der Waals surface area contributed by atoms with Crippen LogP contribution in [0.4, 0.5) is 5.69 Å². The number of carbonyl (C=O) groups excluding carboxylic acids is 3. The first-order valence-corrected chi connectivity index (χ1v) is 10.9. The van der Waals surface area contributed by atoms with Crippen LogP contribution in [0.5, 0.6) is 11.5 Å². The molecule has 0 unspecified atom stereocenters. The van der Waals surface area contributed by atoms with Gasteiger partial charge < -0.3 is 24.4 Å². The van der Waals surface area contributed by atoms with Crippen molar-refractivity contribution in [2.75, 3.05) is 38.8 Å². The summed E-state index contributed by atoms with van der Waals surface area (Å²) in [4.78, 5) is 42.9. The molecule has 3 aliphatic heterocycles. The monoisotopic (exact) mass is 451 g/mol. The summed E-state index contributed by atoms with van der Waals surface area (Å²) in [5.41, 5.74) is 1.79. The van der Waals surface area contributed by atoms with Crippen molar-refractivity contribution in [2.24, 2.45) is 0 Å². The van der Waals surface area contributed by atoms with Gasteiger partial charge in [0.15, 0.2) is 11.5 Å². The Labute approximate surface area is 191 Å². The lowest BCUT2D eigenvalue weighted by atomic mass is 10.0. The summed E-state index contributed by atoms with van der Waals surface area (Å²) in [6.07, 6.45) is 1.11. The van der Waals surface area contributed by atoms with E-state index in [1.165, 1.54) is 19.1 Å². The number of ether oxygens (including phenoxy) is 3. The van der Waals surface area contributed by atoms with Crippen LogP contribution in [0.2, 0.25) is 0 Å². The maximum Gasteiger partial charge on any atom is 0.264 e. The number of rotatable bonds is 6. The quantitative estimate of drug-likeness (QED) is 0.723. The SMILES string of the molecule is COc1ccc2c(c1OC)C(=O)N1c3ccccc3C(=O)N(CC(=O)NC[C@H]3CCCO3)[C@@H]21. The maximum atomic E-state index is 13.6. The van der Waals surface area contributed by atoms with Gasteiger partial charge in [-0.3, -0.25) is 19.3 Å². The fourth-order valence-corrected chi connectivity index (χ4v) is 4.83. The topological polar surface area (TPSA) is 97.4 Å². The number of fused-ring (bicyclic) bond motifs is 5. The number of benzene rings is 2. The third kappa shape index (κ3) is 3.39. The van der Waals surface area contributed by atoms with Gasteiger partial charge in [0.2, 0.25) is 5.91 Å². The molecule has 5 rings (SSSR count). The van der Waals surface area contributed by atoms with E-state index in [9.17, 15) is 14.4 Å². The summed E-state index contributed by atoms with van der Waals surface area (Å²) in [5.74, 6) is -0.198. The molecule has 1 fully saturated rings. The minimum Gasteiger partial charge on any atom is -0.493 e.